The van der Waals surface area contributed by atoms with E-state index in [1.807, 2.05) is 24.3 Å². The third-order valence-corrected chi connectivity index (χ3v) is 3.76. The molecule has 1 aliphatic heterocycles. The van der Waals surface area contributed by atoms with Gasteiger partial charge in [0.2, 0.25) is 0 Å². The van der Waals surface area contributed by atoms with Gasteiger partial charge >= 0.3 is 0 Å². The normalized spacial score (nSPS) is 20.9. The van der Waals surface area contributed by atoms with E-state index in [1.165, 1.54) is 0 Å². The quantitative estimate of drug-likeness (QED) is 0.911. The van der Waals surface area contributed by atoms with Crippen LogP contribution in [0.2, 0.25) is 5.02 Å². The van der Waals surface area contributed by atoms with Gasteiger partial charge in [-0.25, -0.2) is 0 Å². The Morgan fingerprint density at radius 3 is 2.80 bits per heavy atom. The van der Waals surface area contributed by atoms with Crippen molar-refractivity contribution in [2.24, 2.45) is 0 Å². The Hall–Kier alpha value is -1.71. The van der Waals surface area contributed by atoms with E-state index in [9.17, 15) is 5.11 Å². The van der Waals surface area contributed by atoms with Crippen molar-refractivity contribution in [2.45, 2.75) is 18.6 Å². The molecule has 0 amide bonds. The molecule has 0 saturated heterocycles. The number of aliphatic hydroxyl groups excluding tert-OH is 1. The van der Waals surface area contributed by atoms with Gasteiger partial charge < -0.3 is 14.6 Å². The molecule has 2 atom stereocenters. The van der Waals surface area contributed by atoms with Crippen LogP contribution >= 0.6 is 11.6 Å². The summed E-state index contributed by atoms with van der Waals surface area (Å²) in [6, 6.07) is 13.0. The Labute approximate surface area is 122 Å². The number of hydrogen-bond donors (Lipinski definition) is 1. The highest BCUT2D eigenvalue weighted by Gasteiger charge is 2.29. The highest BCUT2D eigenvalue weighted by Crippen LogP contribution is 2.43. The molecule has 2 aromatic carbocycles. The summed E-state index contributed by atoms with van der Waals surface area (Å²) in [5, 5.41) is 10.9. The average Bonchev–Trinajstić information content (AvgIpc) is 2.47. The Bertz CT molecular complexity index is 627. The van der Waals surface area contributed by atoms with Gasteiger partial charge in [-0.1, -0.05) is 29.8 Å². The van der Waals surface area contributed by atoms with Gasteiger partial charge in [-0.2, -0.15) is 0 Å². The lowest BCUT2D eigenvalue weighted by molar-refractivity contribution is 0.0645. The second kappa shape index (κ2) is 5.35. The summed E-state index contributed by atoms with van der Waals surface area (Å²) in [7, 11) is 1.63. The molecule has 0 radical (unpaired) electrons. The third-order valence-electron chi connectivity index (χ3n) is 3.52. The summed E-state index contributed by atoms with van der Waals surface area (Å²) in [5.41, 5.74) is 1.68. The summed E-state index contributed by atoms with van der Waals surface area (Å²) in [5.74, 6) is 1.44. The van der Waals surface area contributed by atoms with Gasteiger partial charge in [0, 0.05) is 22.6 Å². The molecule has 0 aromatic heterocycles. The van der Waals surface area contributed by atoms with Crippen LogP contribution in [0, 0.1) is 0 Å². The molecular formula is C16H15ClO3. The number of methoxy groups -OCH3 is 1. The second-order valence-electron chi connectivity index (χ2n) is 4.78. The van der Waals surface area contributed by atoms with Gasteiger partial charge in [-0.15, -0.1) is 0 Å². The van der Waals surface area contributed by atoms with Crippen molar-refractivity contribution >= 4 is 11.6 Å². The van der Waals surface area contributed by atoms with Gasteiger partial charge in [0.25, 0.3) is 0 Å². The largest absolute Gasteiger partial charge is 0.496 e. The van der Waals surface area contributed by atoms with Gasteiger partial charge in [0.15, 0.2) is 0 Å². The van der Waals surface area contributed by atoms with Gasteiger partial charge in [0.1, 0.15) is 17.6 Å². The van der Waals surface area contributed by atoms with Crippen LogP contribution in [0.1, 0.15) is 29.8 Å². The van der Waals surface area contributed by atoms with Gasteiger partial charge in [0.05, 0.1) is 13.2 Å². The number of aliphatic hydroxyl groups is 1. The Kier molecular flexibility index (Phi) is 3.55. The molecule has 3 rings (SSSR count). The highest BCUT2D eigenvalue weighted by molar-refractivity contribution is 6.30. The molecule has 2 aromatic rings. The summed E-state index contributed by atoms with van der Waals surface area (Å²) in [4.78, 5) is 0. The monoisotopic (exact) mass is 290 g/mol. The zero-order valence-electron chi connectivity index (χ0n) is 11.0. The molecule has 0 aliphatic carbocycles. The lowest BCUT2D eigenvalue weighted by Crippen LogP contribution is -2.19. The molecule has 1 aliphatic rings. The lowest BCUT2D eigenvalue weighted by Gasteiger charge is -2.30. The molecule has 1 N–H and O–H groups in total. The van der Waals surface area contributed by atoms with Crippen LogP contribution in [-0.4, -0.2) is 12.2 Å². The molecule has 0 fully saturated rings. The van der Waals surface area contributed by atoms with E-state index in [0.717, 1.165) is 16.9 Å². The lowest BCUT2D eigenvalue weighted by atomic mass is 9.94. The Balaban J connectivity index is 1.97. The first-order valence-corrected chi connectivity index (χ1v) is 6.84. The SMILES string of the molecule is COc1ccccc1C1C[C@@H](O)c2cc(Cl)ccc2O1. The molecule has 20 heavy (non-hydrogen) atoms. The fraction of sp³-hybridized carbons (Fsp3) is 0.250. The summed E-state index contributed by atoms with van der Waals surface area (Å²) < 4.78 is 11.3. The predicted molar refractivity (Wildman–Crippen MR) is 77.4 cm³/mol. The topological polar surface area (TPSA) is 38.7 Å². The molecule has 1 heterocycles. The minimum atomic E-state index is -0.590. The zero-order valence-corrected chi connectivity index (χ0v) is 11.8. The molecule has 0 spiro atoms. The van der Waals surface area contributed by atoms with Crippen LogP contribution in [0.5, 0.6) is 11.5 Å². The van der Waals surface area contributed by atoms with E-state index in [0.29, 0.717) is 17.2 Å². The number of rotatable bonds is 2. The van der Waals surface area contributed by atoms with Gasteiger partial charge in [-0.05, 0) is 24.3 Å². The first kappa shape index (κ1) is 13.3. The van der Waals surface area contributed by atoms with Crippen molar-refractivity contribution in [3.8, 4) is 11.5 Å². The van der Waals surface area contributed by atoms with E-state index in [1.54, 1.807) is 25.3 Å². The molecular weight excluding hydrogens is 276 g/mol. The fourth-order valence-corrected chi connectivity index (χ4v) is 2.72. The molecule has 3 nitrogen and oxygen atoms in total. The molecule has 4 heteroatoms. The number of halogens is 1. The molecule has 104 valence electrons. The van der Waals surface area contributed by atoms with E-state index in [2.05, 4.69) is 0 Å². The van der Waals surface area contributed by atoms with Crippen LogP contribution in [0.15, 0.2) is 42.5 Å². The van der Waals surface area contributed by atoms with Crippen LogP contribution in [-0.2, 0) is 0 Å². The Morgan fingerprint density at radius 2 is 2.00 bits per heavy atom. The maximum Gasteiger partial charge on any atom is 0.130 e. The summed E-state index contributed by atoms with van der Waals surface area (Å²) in [6.07, 6.45) is -0.338. The van der Waals surface area contributed by atoms with Crippen molar-refractivity contribution in [3.05, 3.63) is 58.6 Å². The van der Waals surface area contributed by atoms with E-state index in [4.69, 9.17) is 21.1 Å². The van der Waals surface area contributed by atoms with Crippen LogP contribution in [0.3, 0.4) is 0 Å². The number of hydrogen-bond acceptors (Lipinski definition) is 3. The number of benzene rings is 2. The van der Waals surface area contributed by atoms with Crippen LogP contribution < -0.4 is 9.47 Å². The average molecular weight is 291 g/mol. The van der Waals surface area contributed by atoms with E-state index in [-0.39, 0.29) is 6.10 Å². The second-order valence-corrected chi connectivity index (χ2v) is 5.22. The van der Waals surface area contributed by atoms with E-state index >= 15 is 0 Å². The molecule has 0 bridgehead atoms. The van der Waals surface area contributed by atoms with Crippen molar-refractivity contribution in [2.75, 3.05) is 7.11 Å². The molecule has 1 unspecified atom stereocenters. The standard InChI is InChI=1S/C16H15ClO3/c1-19-14-5-3-2-4-11(14)16-9-13(18)12-8-10(17)6-7-15(12)20-16/h2-8,13,16,18H,9H2,1H3/t13-,16?/m1/s1. The number of para-hydroxylation sites is 1. The zero-order chi connectivity index (χ0) is 14.1. The predicted octanol–water partition coefficient (Wildman–Crippen LogP) is 3.91. The fourth-order valence-electron chi connectivity index (χ4n) is 2.54. The highest BCUT2D eigenvalue weighted by atomic mass is 35.5. The third kappa shape index (κ3) is 2.35. The minimum Gasteiger partial charge on any atom is -0.496 e. The number of ether oxygens (including phenoxy) is 2. The van der Waals surface area contributed by atoms with E-state index < -0.39 is 6.10 Å². The maximum absolute atomic E-state index is 10.3. The smallest absolute Gasteiger partial charge is 0.130 e. The van der Waals surface area contributed by atoms with Gasteiger partial charge in [-0.3, -0.25) is 0 Å². The van der Waals surface area contributed by atoms with Crippen LogP contribution in [0.25, 0.3) is 0 Å². The minimum absolute atomic E-state index is 0.227. The first-order valence-electron chi connectivity index (χ1n) is 6.46. The Morgan fingerprint density at radius 1 is 1.20 bits per heavy atom. The summed E-state index contributed by atoms with van der Waals surface area (Å²) in [6.45, 7) is 0. The van der Waals surface area contributed by atoms with Crippen molar-refractivity contribution in [1.29, 1.82) is 0 Å². The van der Waals surface area contributed by atoms with Crippen LogP contribution in [0.4, 0.5) is 0 Å². The van der Waals surface area contributed by atoms with Crippen molar-refractivity contribution < 1.29 is 14.6 Å². The molecule has 0 saturated carbocycles. The first-order chi connectivity index (χ1) is 9.69. The van der Waals surface area contributed by atoms with Crippen molar-refractivity contribution in [1.82, 2.24) is 0 Å². The summed E-state index contributed by atoms with van der Waals surface area (Å²) >= 11 is 5.96. The van der Waals surface area contributed by atoms with Crippen molar-refractivity contribution in [3.63, 3.8) is 0 Å². The number of fused-ring (bicyclic) bond motifs is 1. The maximum atomic E-state index is 10.3.